The number of hydrogen-bond donors (Lipinski definition) is 3. The van der Waals surface area contributed by atoms with Gasteiger partial charge in [0.15, 0.2) is 5.82 Å². The fourth-order valence-corrected chi connectivity index (χ4v) is 1.37. The number of rotatable bonds is 2. The molecule has 0 aliphatic carbocycles. The van der Waals surface area contributed by atoms with Crippen LogP contribution in [0.2, 0.25) is 0 Å². The molecule has 2 aromatic rings. The van der Waals surface area contributed by atoms with Gasteiger partial charge in [-0.25, -0.2) is 0 Å². The number of nitrogen functional groups attached to an aromatic ring is 1. The first-order valence-electron chi connectivity index (χ1n) is 4.85. The van der Waals surface area contributed by atoms with Gasteiger partial charge in [0.1, 0.15) is 0 Å². The van der Waals surface area contributed by atoms with Gasteiger partial charge in [-0.3, -0.25) is 14.3 Å². The Kier molecular flexibility index (Phi) is 2.65. The number of H-pyrrole nitrogens is 1. The molecular weight excluding hydrogens is 222 g/mol. The number of nitrogens with zero attached hydrogens (tertiary/aromatic N) is 2. The van der Waals surface area contributed by atoms with Gasteiger partial charge in [0.05, 0.1) is 11.9 Å². The van der Waals surface area contributed by atoms with Gasteiger partial charge in [-0.1, -0.05) is 0 Å². The predicted octanol–water partition coefficient (Wildman–Crippen LogP) is -0.0571. The average molecular weight is 233 g/mol. The Morgan fingerprint density at radius 1 is 1.59 bits per heavy atom. The zero-order valence-corrected chi connectivity index (χ0v) is 9.10. The topological polar surface area (TPSA) is 106 Å². The Morgan fingerprint density at radius 3 is 2.94 bits per heavy atom. The summed E-state index contributed by atoms with van der Waals surface area (Å²) in [5.41, 5.74) is 5.92. The molecule has 0 aliphatic heterocycles. The van der Waals surface area contributed by atoms with E-state index >= 15 is 0 Å². The van der Waals surface area contributed by atoms with Crippen molar-refractivity contribution in [3.8, 4) is 0 Å². The van der Waals surface area contributed by atoms with Crippen molar-refractivity contribution in [3.05, 3.63) is 40.4 Å². The number of aromatic amines is 1. The van der Waals surface area contributed by atoms with E-state index in [-0.39, 0.29) is 11.1 Å². The molecule has 2 aromatic heterocycles. The second-order valence-corrected chi connectivity index (χ2v) is 3.47. The molecule has 2 heterocycles. The lowest BCUT2D eigenvalue weighted by Crippen LogP contribution is -2.18. The van der Waals surface area contributed by atoms with Gasteiger partial charge in [-0.2, -0.15) is 5.10 Å². The minimum Gasteiger partial charge on any atom is -0.394 e. The standard InChI is InChI=1S/C10H11N5O2/c1-15-9(7(11)5-13-15)14-10(17)6-2-3-12-8(16)4-6/h2-5H,11H2,1H3,(H,12,16)(H,14,17). The van der Waals surface area contributed by atoms with Crippen molar-refractivity contribution in [2.24, 2.45) is 7.05 Å². The molecule has 0 spiro atoms. The minimum atomic E-state index is -0.411. The molecule has 0 saturated carbocycles. The van der Waals surface area contributed by atoms with Crippen LogP contribution in [-0.4, -0.2) is 20.7 Å². The molecule has 0 saturated heterocycles. The van der Waals surface area contributed by atoms with Crippen LogP contribution >= 0.6 is 0 Å². The summed E-state index contributed by atoms with van der Waals surface area (Å²) in [5, 5.41) is 6.48. The minimum absolute atomic E-state index is 0.259. The number of nitrogens with two attached hydrogens (primary N) is 1. The summed E-state index contributed by atoms with van der Waals surface area (Å²) < 4.78 is 1.44. The number of pyridine rings is 1. The first-order chi connectivity index (χ1) is 8.08. The molecule has 7 heteroatoms. The molecule has 0 bridgehead atoms. The van der Waals surface area contributed by atoms with E-state index in [0.29, 0.717) is 11.5 Å². The van der Waals surface area contributed by atoms with Crippen LogP contribution in [0, 0.1) is 0 Å². The number of aromatic nitrogens is 3. The van der Waals surface area contributed by atoms with Gasteiger partial charge >= 0.3 is 0 Å². The zero-order valence-electron chi connectivity index (χ0n) is 9.10. The molecular formula is C10H11N5O2. The van der Waals surface area contributed by atoms with Crippen LogP contribution in [0.4, 0.5) is 11.5 Å². The molecule has 0 radical (unpaired) electrons. The number of carbonyl (C=O) groups excluding carboxylic acids is 1. The van der Waals surface area contributed by atoms with Gasteiger partial charge in [-0.05, 0) is 6.07 Å². The SMILES string of the molecule is Cn1ncc(N)c1NC(=O)c1cc[nH]c(=O)c1. The number of anilines is 2. The van der Waals surface area contributed by atoms with Crippen molar-refractivity contribution in [1.82, 2.24) is 14.8 Å². The first kappa shape index (κ1) is 10.9. The van der Waals surface area contributed by atoms with E-state index < -0.39 is 5.91 Å². The van der Waals surface area contributed by atoms with E-state index in [2.05, 4.69) is 15.4 Å². The van der Waals surface area contributed by atoms with Crippen LogP contribution in [0.5, 0.6) is 0 Å². The average Bonchev–Trinajstić information content (AvgIpc) is 2.61. The van der Waals surface area contributed by atoms with Crippen molar-refractivity contribution in [2.45, 2.75) is 0 Å². The largest absolute Gasteiger partial charge is 0.394 e. The number of amides is 1. The van der Waals surface area contributed by atoms with Gasteiger partial charge in [0, 0.05) is 24.9 Å². The highest BCUT2D eigenvalue weighted by molar-refractivity contribution is 6.04. The Bertz CT molecular complexity index is 594. The van der Waals surface area contributed by atoms with E-state index in [1.807, 2.05) is 0 Å². The van der Waals surface area contributed by atoms with Crippen LogP contribution < -0.4 is 16.6 Å². The van der Waals surface area contributed by atoms with Crippen LogP contribution in [0.3, 0.4) is 0 Å². The summed E-state index contributed by atoms with van der Waals surface area (Å²) in [6, 6.07) is 2.71. The van der Waals surface area contributed by atoms with Crippen molar-refractivity contribution in [2.75, 3.05) is 11.1 Å². The maximum atomic E-state index is 11.8. The number of aryl methyl sites for hydroxylation is 1. The van der Waals surface area contributed by atoms with Gasteiger partial charge in [0.25, 0.3) is 5.91 Å². The van der Waals surface area contributed by atoms with E-state index in [1.165, 1.54) is 29.2 Å². The number of nitrogens with one attached hydrogen (secondary N) is 2. The molecule has 1 amide bonds. The highest BCUT2D eigenvalue weighted by atomic mass is 16.2. The molecule has 0 unspecified atom stereocenters. The molecule has 2 rings (SSSR count). The quantitative estimate of drug-likeness (QED) is 0.675. The predicted molar refractivity (Wildman–Crippen MR) is 62.6 cm³/mol. The summed E-state index contributed by atoms with van der Waals surface area (Å²) in [7, 11) is 1.66. The van der Waals surface area contributed by atoms with Crippen molar-refractivity contribution >= 4 is 17.4 Å². The van der Waals surface area contributed by atoms with Gasteiger partial charge < -0.3 is 16.0 Å². The summed E-state index contributed by atoms with van der Waals surface area (Å²) in [5.74, 6) is -0.0123. The number of hydrogen-bond acceptors (Lipinski definition) is 4. The molecule has 17 heavy (non-hydrogen) atoms. The zero-order chi connectivity index (χ0) is 12.4. The summed E-state index contributed by atoms with van der Waals surface area (Å²) in [6.45, 7) is 0. The van der Waals surface area contributed by atoms with Gasteiger partial charge in [0.2, 0.25) is 5.56 Å². The van der Waals surface area contributed by atoms with E-state index in [4.69, 9.17) is 5.73 Å². The first-order valence-corrected chi connectivity index (χ1v) is 4.85. The van der Waals surface area contributed by atoms with Crippen molar-refractivity contribution in [1.29, 1.82) is 0 Å². The van der Waals surface area contributed by atoms with Crippen LogP contribution in [0.15, 0.2) is 29.3 Å². The van der Waals surface area contributed by atoms with Crippen molar-refractivity contribution < 1.29 is 4.79 Å². The lowest BCUT2D eigenvalue weighted by Gasteiger charge is -2.05. The van der Waals surface area contributed by atoms with Crippen LogP contribution in [0.25, 0.3) is 0 Å². The van der Waals surface area contributed by atoms with Gasteiger partial charge in [-0.15, -0.1) is 0 Å². The summed E-state index contributed by atoms with van der Waals surface area (Å²) in [6.07, 6.45) is 2.84. The lowest BCUT2D eigenvalue weighted by atomic mass is 10.2. The maximum Gasteiger partial charge on any atom is 0.257 e. The highest BCUT2D eigenvalue weighted by Gasteiger charge is 2.11. The third kappa shape index (κ3) is 2.17. The molecule has 0 aliphatic rings. The van der Waals surface area contributed by atoms with E-state index in [0.717, 1.165) is 0 Å². The third-order valence-electron chi connectivity index (χ3n) is 2.24. The normalized spacial score (nSPS) is 10.2. The Morgan fingerprint density at radius 2 is 2.35 bits per heavy atom. The van der Waals surface area contributed by atoms with E-state index in [9.17, 15) is 9.59 Å². The Balaban J connectivity index is 2.26. The molecule has 0 atom stereocenters. The third-order valence-corrected chi connectivity index (χ3v) is 2.24. The summed E-state index contributed by atoms with van der Waals surface area (Å²) >= 11 is 0. The number of carbonyl (C=O) groups is 1. The second kappa shape index (κ2) is 4.12. The molecule has 88 valence electrons. The van der Waals surface area contributed by atoms with E-state index in [1.54, 1.807) is 7.05 Å². The highest BCUT2D eigenvalue weighted by Crippen LogP contribution is 2.16. The lowest BCUT2D eigenvalue weighted by molar-refractivity contribution is 0.102. The molecule has 0 fully saturated rings. The molecule has 0 aromatic carbocycles. The fraction of sp³-hybridized carbons (Fsp3) is 0.100. The Hall–Kier alpha value is -2.57. The van der Waals surface area contributed by atoms with Crippen LogP contribution in [0.1, 0.15) is 10.4 Å². The second-order valence-electron chi connectivity index (χ2n) is 3.47. The van der Waals surface area contributed by atoms with Crippen molar-refractivity contribution in [3.63, 3.8) is 0 Å². The van der Waals surface area contributed by atoms with Crippen LogP contribution in [-0.2, 0) is 7.05 Å². The molecule has 4 N–H and O–H groups in total. The monoisotopic (exact) mass is 233 g/mol. The smallest absolute Gasteiger partial charge is 0.257 e. The molecule has 7 nitrogen and oxygen atoms in total. The summed E-state index contributed by atoms with van der Waals surface area (Å²) in [4.78, 5) is 25.3. The fourth-order valence-electron chi connectivity index (χ4n) is 1.37. The maximum absolute atomic E-state index is 11.8. The Labute approximate surface area is 96.3 Å².